The number of carbonyl (C=O) groups excluding carboxylic acids is 1. The molecule has 0 aliphatic carbocycles. The predicted octanol–water partition coefficient (Wildman–Crippen LogP) is 1.06. The van der Waals surface area contributed by atoms with Gasteiger partial charge < -0.3 is 20.7 Å². The molecule has 0 saturated carbocycles. The monoisotopic (exact) mass is 295 g/mol. The van der Waals surface area contributed by atoms with Crippen molar-refractivity contribution in [3.8, 4) is 0 Å². The van der Waals surface area contributed by atoms with Crippen LogP contribution in [0.15, 0.2) is 24.3 Å². The Morgan fingerprint density at radius 1 is 1.38 bits per heavy atom. The van der Waals surface area contributed by atoms with E-state index in [-0.39, 0.29) is 12.5 Å². The molecule has 1 fully saturated rings. The summed E-state index contributed by atoms with van der Waals surface area (Å²) < 4.78 is 5.05. The van der Waals surface area contributed by atoms with Gasteiger partial charge in [-0.3, -0.25) is 4.79 Å². The molecule has 0 bridgehead atoms. The number of nitrogens with zero attached hydrogens (tertiary/aromatic N) is 1. The van der Waals surface area contributed by atoms with E-state index in [4.69, 9.17) is 10.5 Å². The van der Waals surface area contributed by atoms with Crippen molar-refractivity contribution in [2.24, 2.45) is 5.73 Å². The molecule has 21 heavy (non-hydrogen) atoms. The molecule has 0 radical (unpaired) electrons. The fraction of sp³-hybridized carbons (Fsp3) is 0.688. The van der Waals surface area contributed by atoms with Gasteiger partial charge in [-0.1, -0.05) is 18.2 Å². The maximum atomic E-state index is 11.4. The summed E-state index contributed by atoms with van der Waals surface area (Å²) in [5.41, 5.74) is 5.87. The van der Waals surface area contributed by atoms with E-state index in [1.165, 1.54) is 0 Å². The molecule has 5 heteroatoms. The van der Waals surface area contributed by atoms with E-state index >= 15 is 0 Å². The number of ether oxygens (including phenoxy) is 1. The second kappa shape index (κ2) is 11.5. The Kier molecular flexibility index (Phi) is 9.78. The van der Waals surface area contributed by atoms with Crippen LogP contribution in [-0.4, -0.2) is 56.2 Å². The van der Waals surface area contributed by atoms with Gasteiger partial charge in [0.2, 0.25) is 0 Å². The van der Waals surface area contributed by atoms with E-state index in [0.29, 0.717) is 12.6 Å². The van der Waals surface area contributed by atoms with Crippen LogP contribution in [0.5, 0.6) is 0 Å². The quantitative estimate of drug-likeness (QED) is 0.378. The molecule has 0 spiro atoms. The van der Waals surface area contributed by atoms with Crippen molar-refractivity contribution in [3.05, 3.63) is 24.3 Å². The topological polar surface area (TPSA) is 67.6 Å². The third-order valence-corrected chi connectivity index (χ3v) is 3.51. The van der Waals surface area contributed by atoms with Crippen LogP contribution in [0.25, 0.3) is 0 Å². The first-order chi connectivity index (χ1) is 10.2. The van der Waals surface area contributed by atoms with Crippen LogP contribution in [0.4, 0.5) is 0 Å². The van der Waals surface area contributed by atoms with Gasteiger partial charge in [-0.15, -0.1) is 0 Å². The Hall–Kier alpha value is -1.17. The van der Waals surface area contributed by atoms with E-state index in [2.05, 4.69) is 10.2 Å². The number of nitrogens with two attached hydrogens (primary N) is 1. The molecular formula is C16H29N3O2. The molecule has 120 valence electrons. The highest BCUT2D eigenvalue weighted by atomic mass is 16.5. The number of hydrogen-bond donors (Lipinski definition) is 2. The molecular weight excluding hydrogens is 266 g/mol. The highest BCUT2D eigenvalue weighted by Crippen LogP contribution is 2.07. The second-order valence-electron chi connectivity index (χ2n) is 5.35. The largest absolute Gasteiger partial charge is 0.460 e. The number of hydrogen-bond acceptors (Lipinski definition) is 5. The van der Waals surface area contributed by atoms with E-state index in [9.17, 15) is 4.79 Å². The molecule has 0 aromatic heterocycles. The van der Waals surface area contributed by atoms with Crippen LogP contribution < -0.4 is 11.1 Å². The normalized spacial score (nSPS) is 17.8. The summed E-state index contributed by atoms with van der Waals surface area (Å²) in [6, 6.07) is 0.385. The van der Waals surface area contributed by atoms with Crippen molar-refractivity contribution in [1.82, 2.24) is 10.2 Å². The van der Waals surface area contributed by atoms with Crippen molar-refractivity contribution >= 4 is 5.97 Å². The number of nitrogens with one attached hydrogen (secondary N) is 1. The van der Waals surface area contributed by atoms with Crippen molar-refractivity contribution < 1.29 is 9.53 Å². The average Bonchev–Trinajstić information content (AvgIpc) is 2.48. The third kappa shape index (κ3) is 9.39. The fourth-order valence-electron chi connectivity index (χ4n) is 2.23. The van der Waals surface area contributed by atoms with Crippen LogP contribution in [0.2, 0.25) is 0 Å². The van der Waals surface area contributed by atoms with Crippen LogP contribution in [0, 0.1) is 0 Å². The minimum absolute atomic E-state index is 0.205. The third-order valence-electron chi connectivity index (χ3n) is 3.51. The number of allylic oxidation sites excluding steroid dienone is 3. The summed E-state index contributed by atoms with van der Waals surface area (Å²) in [4.78, 5) is 13.9. The zero-order valence-electron chi connectivity index (χ0n) is 13.1. The Morgan fingerprint density at radius 3 is 2.86 bits per heavy atom. The fourth-order valence-corrected chi connectivity index (χ4v) is 2.23. The Labute approximate surface area is 128 Å². The van der Waals surface area contributed by atoms with Gasteiger partial charge in [0.05, 0.1) is 6.54 Å². The average molecular weight is 295 g/mol. The van der Waals surface area contributed by atoms with Gasteiger partial charge in [-0.2, -0.15) is 0 Å². The van der Waals surface area contributed by atoms with Crippen molar-refractivity contribution in [1.29, 1.82) is 0 Å². The van der Waals surface area contributed by atoms with Crippen molar-refractivity contribution in [2.75, 3.05) is 39.3 Å². The number of rotatable bonds is 9. The van der Waals surface area contributed by atoms with Gasteiger partial charge in [0, 0.05) is 6.04 Å². The summed E-state index contributed by atoms with van der Waals surface area (Å²) in [5.74, 6) is -0.205. The molecule has 1 saturated heterocycles. The first kappa shape index (κ1) is 17.9. The van der Waals surface area contributed by atoms with Crippen LogP contribution in [0.3, 0.4) is 0 Å². The highest BCUT2D eigenvalue weighted by Gasteiger charge is 2.14. The van der Waals surface area contributed by atoms with E-state index < -0.39 is 0 Å². The number of esters is 1. The molecule has 3 N–H and O–H groups in total. The maximum Gasteiger partial charge on any atom is 0.320 e. The Balaban J connectivity index is 1.92. The smallest absolute Gasteiger partial charge is 0.320 e. The zero-order valence-corrected chi connectivity index (χ0v) is 13.1. The van der Waals surface area contributed by atoms with Crippen LogP contribution in [-0.2, 0) is 9.53 Å². The van der Waals surface area contributed by atoms with Gasteiger partial charge >= 0.3 is 5.97 Å². The lowest BCUT2D eigenvalue weighted by Gasteiger charge is -2.29. The molecule has 1 rings (SSSR count). The highest BCUT2D eigenvalue weighted by molar-refractivity contribution is 5.71. The lowest BCUT2D eigenvalue weighted by atomic mass is 10.1. The summed E-state index contributed by atoms with van der Waals surface area (Å²) in [7, 11) is 0. The molecule has 1 aliphatic rings. The van der Waals surface area contributed by atoms with Gasteiger partial charge in [-0.25, -0.2) is 0 Å². The van der Waals surface area contributed by atoms with Gasteiger partial charge in [0.1, 0.15) is 6.61 Å². The summed E-state index contributed by atoms with van der Waals surface area (Å²) in [5, 5.41) is 3.12. The Morgan fingerprint density at radius 2 is 2.14 bits per heavy atom. The summed E-state index contributed by atoms with van der Waals surface area (Å²) in [6.07, 6.45) is 10.8. The predicted molar refractivity (Wildman–Crippen MR) is 86.0 cm³/mol. The van der Waals surface area contributed by atoms with Gasteiger partial charge in [-0.05, 0) is 58.4 Å². The molecule has 0 aromatic rings. The molecule has 0 aromatic carbocycles. The van der Waals surface area contributed by atoms with Gasteiger partial charge in [0.25, 0.3) is 0 Å². The zero-order chi connectivity index (χ0) is 15.3. The molecule has 0 atom stereocenters. The van der Waals surface area contributed by atoms with Crippen molar-refractivity contribution in [2.45, 2.75) is 32.2 Å². The Bertz CT molecular complexity index is 334. The molecule has 1 heterocycles. The molecule has 5 nitrogen and oxygen atoms in total. The van der Waals surface area contributed by atoms with E-state index in [0.717, 1.165) is 45.4 Å². The standard InChI is InChI=1S/C16H29N3O2/c1-2-3-4-5-13-21-16(20)14-18-9-6-10-19-11-7-15(17)8-12-19/h2-5,15,18H,6-14,17H2,1H3/b3-2-,5-4+. The lowest BCUT2D eigenvalue weighted by Crippen LogP contribution is -2.40. The van der Waals surface area contributed by atoms with E-state index in [1.54, 1.807) is 0 Å². The van der Waals surface area contributed by atoms with Crippen LogP contribution >= 0.6 is 0 Å². The maximum absolute atomic E-state index is 11.4. The van der Waals surface area contributed by atoms with E-state index in [1.807, 2.05) is 31.2 Å². The number of piperidine rings is 1. The minimum atomic E-state index is -0.205. The number of carbonyl (C=O) groups is 1. The lowest BCUT2D eigenvalue weighted by molar-refractivity contribution is -0.141. The molecule has 0 unspecified atom stereocenters. The second-order valence-corrected chi connectivity index (χ2v) is 5.35. The molecule has 1 aliphatic heterocycles. The SMILES string of the molecule is C/C=C\C=C\COC(=O)CNCCCN1CCC(N)CC1. The van der Waals surface area contributed by atoms with Crippen molar-refractivity contribution in [3.63, 3.8) is 0 Å². The number of likely N-dealkylation sites (tertiary alicyclic amines) is 1. The molecule has 0 amide bonds. The summed E-state index contributed by atoms with van der Waals surface area (Å²) >= 11 is 0. The van der Waals surface area contributed by atoms with Crippen LogP contribution in [0.1, 0.15) is 26.2 Å². The summed E-state index contributed by atoms with van der Waals surface area (Å²) in [6.45, 7) is 6.66. The minimum Gasteiger partial charge on any atom is -0.460 e. The van der Waals surface area contributed by atoms with Gasteiger partial charge in [0.15, 0.2) is 0 Å². The first-order valence-corrected chi connectivity index (χ1v) is 7.84. The first-order valence-electron chi connectivity index (χ1n) is 7.84.